The van der Waals surface area contributed by atoms with Crippen molar-refractivity contribution in [3.63, 3.8) is 0 Å². The summed E-state index contributed by atoms with van der Waals surface area (Å²) in [5.41, 5.74) is 4.09. The SMILES string of the molecule is CCc1cc(-c2ccc(OCC(=O)OC)c(CC)c2)ccc1OCC(=O)OC. The zero-order chi connectivity index (χ0) is 20.5. The number of rotatable bonds is 9. The zero-order valence-electron chi connectivity index (χ0n) is 16.7. The molecule has 0 atom stereocenters. The molecule has 0 aliphatic heterocycles. The molecule has 0 unspecified atom stereocenters. The second-order valence-electron chi connectivity index (χ2n) is 6.08. The van der Waals surface area contributed by atoms with Gasteiger partial charge in [-0.1, -0.05) is 26.0 Å². The van der Waals surface area contributed by atoms with Gasteiger partial charge in [0.05, 0.1) is 14.2 Å². The number of methoxy groups -OCH3 is 2. The summed E-state index contributed by atoms with van der Waals surface area (Å²) in [4.78, 5) is 22.6. The number of hydrogen-bond acceptors (Lipinski definition) is 6. The van der Waals surface area contributed by atoms with Crippen molar-refractivity contribution in [3.05, 3.63) is 47.5 Å². The molecule has 28 heavy (non-hydrogen) atoms. The Kier molecular flexibility index (Phi) is 7.87. The lowest BCUT2D eigenvalue weighted by molar-refractivity contribution is -0.143. The van der Waals surface area contributed by atoms with Gasteiger partial charge in [-0.3, -0.25) is 0 Å². The van der Waals surface area contributed by atoms with Gasteiger partial charge in [0, 0.05) is 0 Å². The summed E-state index contributed by atoms with van der Waals surface area (Å²) in [5.74, 6) is 0.512. The van der Waals surface area contributed by atoms with Crippen molar-refractivity contribution in [1.82, 2.24) is 0 Å². The fourth-order valence-corrected chi connectivity index (χ4v) is 2.74. The summed E-state index contributed by atoms with van der Waals surface area (Å²) in [5, 5.41) is 0. The molecule has 0 amide bonds. The molecule has 0 saturated carbocycles. The molecule has 0 fully saturated rings. The van der Waals surface area contributed by atoms with E-state index in [2.05, 4.69) is 21.6 Å². The first-order valence-electron chi connectivity index (χ1n) is 9.17. The molecule has 0 radical (unpaired) electrons. The van der Waals surface area contributed by atoms with E-state index in [-0.39, 0.29) is 13.2 Å². The number of esters is 2. The van der Waals surface area contributed by atoms with Crippen molar-refractivity contribution in [2.75, 3.05) is 27.4 Å². The van der Waals surface area contributed by atoms with E-state index < -0.39 is 11.9 Å². The molecule has 0 spiro atoms. The maximum Gasteiger partial charge on any atom is 0.343 e. The fourth-order valence-electron chi connectivity index (χ4n) is 2.74. The van der Waals surface area contributed by atoms with Crippen LogP contribution >= 0.6 is 0 Å². The van der Waals surface area contributed by atoms with E-state index in [0.29, 0.717) is 11.5 Å². The molecule has 0 aliphatic carbocycles. The predicted molar refractivity (Wildman–Crippen MR) is 106 cm³/mol. The lowest BCUT2D eigenvalue weighted by Crippen LogP contribution is -2.13. The third-order valence-corrected chi connectivity index (χ3v) is 4.36. The van der Waals surface area contributed by atoms with Gasteiger partial charge in [-0.2, -0.15) is 0 Å². The molecule has 0 N–H and O–H groups in total. The molecule has 2 aromatic carbocycles. The van der Waals surface area contributed by atoms with Gasteiger partial charge in [-0.05, 0) is 59.4 Å². The first kappa shape index (κ1) is 21.3. The van der Waals surface area contributed by atoms with Crippen molar-refractivity contribution < 1.29 is 28.5 Å². The van der Waals surface area contributed by atoms with Gasteiger partial charge in [-0.25, -0.2) is 9.59 Å². The van der Waals surface area contributed by atoms with Crippen LogP contribution in [0.4, 0.5) is 0 Å². The quantitative estimate of drug-likeness (QED) is 0.614. The van der Waals surface area contributed by atoms with Crippen molar-refractivity contribution in [1.29, 1.82) is 0 Å². The Balaban J connectivity index is 2.24. The number of hydrogen-bond donors (Lipinski definition) is 0. The second kappa shape index (κ2) is 10.3. The highest BCUT2D eigenvalue weighted by atomic mass is 16.6. The zero-order valence-corrected chi connectivity index (χ0v) is 16.7. The van der Waals surface area contributed by atoms with Gasteiger partial charge in [0.25, 0.3) is 0 Å². The van der Waals surface area contributed by atoms with Crippen LogP contribution in [0.1, 0.15) is 25.0 Å². The summed E-state index contributed by atoms with van der Waals surface area (Å²) in [6, 6.07) is 11.7. The molecule has 2 aromatic rings. The van der Waals surface area contributed by atoms with E-state index in [4.69, 9.17) is 9.47 Å². The van der Waals surface area contributed by atoms with Gasteiger partial charge in [0.15, 0.2) is 13.2 Å². The maximum absolute atomic E-state index is 11.3. The van der Waals surface area contributed by atoms with Crippen LogP contribution in [0.3, 0.4) is 0 Å². The van der Waals surface area contributed by atoms with Crippen molar-refractivity contribution in [3.8, 4) is 22.6 Å². The summed E-state index contributed by atoms with van der Waals surface area (Å²) in [7, 11) is 2.67. The smallest absolute Gasteiger partial charge is 0.343 e. The molecule has 0 heterocycles. The standard InChI is InChI=1S/C22H26O6/c1-5-15-11-17(7-9-19(15)27-13-21(23)25-3)18-8-10-20(16(6-2)12-18)28-14-22(24)26-4/h7-12H,5-6,13-14H2,1-4H3. The van der Waals surface area contributed by atoms with Crippen LogP contribution in [-0.2, 0) is 31.9 Å². The molecule has 0 aromatic heterocycles. The lowest BCUT2D eigenvalue weighted by atomic mass is 9.98. The molecular weight excluding hydrogens is 360 g/mol. The second-order valence-corrected chi connectivity index (χ2v) is 6.08. The van der Waals surface area contributed by atoms with Gasteiger partial charge in [0.2, 0.25) is 0 Å². The molecule has 0 bridgehead atoms. The Morgan fingerprint density at radius 3 is 1.43 bits per heavy atom. The van der Waals surface area contributed by atoms with Gasteiger partial charge in [-0.15, -0.1) is 0 Å². The summed E-state index contributed by atoms with van der Waals surface area (Å²) >= 11 is 0. The largest absolute Gasteiger partial charge is 0.482 e. The first-order chi connectivity index (χ1) is 13.5. The molecule has 2 rings (SSSR count). The fraction of sp³-hybridized carbons (Fsp3) is 0.364. The number of carbonyl (C=O) groups is 2. The Morgan fingerprint density at radius 1 is 0.714 bits per heavy atom. The molecule has 0 aliphatic rings. The van der Waals surface area contributed by atoms with Crippen LogP contribution in [0.25, 0.3) is 11.1 Å². The third kappa shape index (κ3) is 5.49. The van der Waals surface area contributed by atoms with Crippen LogP contribution in [0.15, 0.2) is 36.4 Å². The van der Waals surface area contributed by atoms with Crippen molar-refractivity contribution >= 4 is 11.9 Å². The number of benzene rings is 2. The lowest BCUT2D eigenvalue weighted by Gasteiger charge is -2.14. The van der Waals surface area contributed by atoms with E-state index in [1.807, 2.05) is 38.1 Å². The van der Waals surface area contributed by atoms with Crippen molar-refractivity contribution in [2.24, 2.45) is 0 Å². The van der Waals surface area contributed by atoms with Crippen LogP contribution in [0.5, 0.6) is 11.5 Å². The summed E-state index contributed by atoms with van der Waals surface area (Å²) in [6.07, 6.45) is 1.54. The third-order valence-electron chi connectivity index (χ3n) is 4.36. The van der Waals surface area contributed by atoms with Gasteiger partial charge in [0.1, 0.15) is 11.5 Å². The Morgan fingerprint density at radius 2 is 1.11 bits per heavy atom. The molecular formula is C22H26O6. The molecule has 6 heteroatoms. The Hall–Kier alpha value is -3.02. The molecule has 150 valence electrons. The number of ether oxygens (including phenoxy) is 4. The molecule has 6 nitrogen and oxygen atoms in total. The minimum Gasteiger partial charge on any atom is -0.482 e. The Labute approximate surface area is 165 Å². The van der Waals surface area contributed by atoms with E-state index in [9.17, 15) is 9.59 Å². The average Bonchev–Trinajstić information content (AvgIpc) is 2.75. The van der Waals surface area contributed by atoms with Crippen LogP contribution in [0, 0.1) is 0 Å². The van der Waals surface area contributed by atoms with Crippen LogP contribution < -0.4 is 9.47 Å². The van der Waals surface area contributed by atoms with Gasteiger partial charge >= 0.3 is 11.9 Å². The Bertz CT molecular complexity index is 758. The van der Waals surface area contributed by atoms with E-state index >= 15 is 0 Å². The minimum absolute atomic E-state index is 0.116. The van der Waals surface area contributed by atoms with E-state index in [1.165, 1.54) is 14.2 Å². The first-order valence-corrected chi connectivity index (χ1v) is 9.17. The topological polar surface area (TPSA) is 71.1 Å². The predicted octanol–water partition coefficient (Wildman–Crippen LogP) is 3.58. The highest BCUT2D eigenvalue weighted by molar-refractivity contribution is 5.72. The summed E-state index contributed by atoms with van der Waals surface area (Å²) < 4.78 is 20.3. The average molecular weight is 386 g/mol. The van der Waals surface area contributed by atoms with Crippen LogP contribution in [-0.4, -0.2) is 39.4 Å². The highest BCUT2D eigenvalue weighted by Gasteiger charge is 2.11. The minimum atomic E-state index is -0.415. The monoisotopic (exact) mass is 386 g/mol. The van der Waals surface area contributed by atoms with Crippen LogP contribution in [0.2, 0.25) is 0 Å². The number of aryl methyl sites for hydroxylation is 2. The summed E-state index contributed by atoms with van der Waals surface area (Å²) in [6.45, 7) is 3.83. The van der Waals surface area contributed by atoms with E-state index in [1.54, 1.807) is 0 Å². The normalized spacial score (nSPS) is 10.3. The van der Waals surface area contributed by atoms with E-state index in [0.717, 1.165) is 35.1 Å². The number of carbonyl (C=O) groups excluding carboxylic acids is 2. The molecule has 0 saturated heterocycles. The maximum atomic E-state index is 11.3. The highest BCUT2D eigenvalue weighted by Crippen LogP contribution is 2.31. The van der Waals surface area contributed by atoms with Gasteiger partial charge < -0.3 is 18.9 Å². The van der Waals surface area contributed by atoms with Crippen molar-refractivity contribution in [2.45, 2.75) is 26.7 Å².